The zero-order valence-electron chi connectivity index (χ0n) is 44.9. The predicted octanol–water partition coefficient (Wildman–Crippen LogP) is 18.6. The molecule has 0 amide bonds. The van der Waals surface area contributed by atoms with Gasteiger partial charge in [0.2, 0.25) is 0 Å². The highest BCUT2D eigenvalue weighted by molar-refractivity contribution is 6.01. The maximum absolute atomic E-state index is 9.53. The first-order chi connectivity index (χ1) is 37.5. The largest absolute Gasteiger partial charge is 0.310 e. The van der Waals surface area contributed by atoms with Crippen molar-refractivity contribution in [3.8, 4) is 55.6 Å². The molecule has 3 aliphatic rings. The number of hydrogen-bond acceptors (Lipinski definition) is 2. The van der Waals surface area contributed by atoms with Crippen molar-refractivity contribution in [3.63, 3.8) is 0 Å². The number of para-hydroxylation sites is 3. The van der Waals surface area contributed by atoms with Gasteiger partial charge in [0.15, 0.2) is 0 Å². The van der Waals surface area contributed by atoms with Gasteiger partial charge in [0, 0.05) is 39.4 Å². The SMILES string of the molecule is [2H]c1c([2H])c([2H])c(N(c2ccccc2)c2cc3c(cc2-c2ccccc2)-c2ccccc2C32c3ccc(-c4ccccc4)cc3-c3ccc(N(c4ccccc4)c4ccc5c(c4)C(C)(C)c4ccccc4-5)cc32)c([2H])c1[2H]. The molecule has 0 N–H and O–H groups in total. The van der Waals surface area contributed by atoms with E-state index in [1.165, 1.54) is 22.3 Å². The Bertz CT molecular complexity index is 4170. The first-order valence-electron chi connectivity index (χ1n) is 27.3. The van der Waals surface area contributed by atoms with Crippen molar-refractivity contribution in [2.45, 2.75) is 24.7 Å². The summed E-state index contributed by atoms with van der Waals surface area (Å²) in [6, 6.07) is 82.3. The second-order valence-corrected chi connectivity index (χ2v) is 19.6. The average Bonchev–Trinajstić information content (AvgIpc) is 4.03. The quantitative estimate of drug-likeness (QED) is 0.150. The monoisotopic (exact) mass is 923 g/mol. The van der Waals surface area contributed by atoms with Crippen molar-refractivity contribution in [1.29, 1.82) is 0 Å². The smallest absolute Gasteiger partial charge is 0.0727 e. The molecule has 0 bridgehead atoms. The highest BCUT2D eigenvalue weighted by Gasteiger charge is 2.52. The summed E-state index contributed by atoms with van der Waals surface area (Å²) < 4.78 is 45.7. The van der Waals surface area contributed by atoms with Crippen molar-refractivity contribution < 1.29 is 6.85 Å². The molecule has 1 unspecified atom stereocenters. The minimum Gasteiger partial charge on any atom is -0.310 e. The summed E-state index contributed by atoms with van der Waals surface area (Å²) in [6.45, 7) is 4.66. The zero-order valence-corrected chi connectivity index (χ0v) is 39.9. The molecule has 3 aliphatic carbocycles. The molecule has 2 heteroatoms. The summed E-state index contributed by atoms with van der Waals surface area (Å²) in [5.41, 5.74) is 21.5. The molecule has 0 fully saturated rings. The number of benzene rings is 11. The molecule has 0 aromatic heterocycles. The van der Waals surface area contributed by atoms with Gasteiger partial charge in [-0.15, -0.1) is 0 Å². The van der Waals surface area contributed by atoms with Crippen LogP contribution < -0.4 is 9.80 Å². The Hall–Kier alpha value is -8.98. The van der Waals surface area contributed by atoms with Crippen LogP contribution in [0.4, 0.5) is 34.1 Å². The lowest BCUT2D eigenvalue weighted by Gasteiger charge is -2.34. The summed E-state index contributed by atoms with van der Waals surface area (Å²) in [6.07, 6.45) is 0. The fraction of sp³-hybridized carbons (Fsp3) is 0.0571. The molecule has 0 saturated carbocycles. The molecule has 11 aromatic carbocycles. The fourth-order valence-electron chi connectivity index (χ4n) is 12.4. The van der Waals surface area contributed by atoms with Gasteiger partial charge in [-0.25, -0.2) is 0 Å². The molecule has 2 nitrogen and oxygen atoms in total. The number of hydrogen-bond donors (Lipinski definition) is 0. The lowest BCUT2D eigenvalue weighted by atomic mass is 9.70. The minimum atomic E-state index is -0.877. The highest BCUT2D eigenvalue weighted by Crippen LogP contribution is 2.65. The van der Waals surface area contributed by atoms with E-state index < -0.39 is 23.5 Å². The number of nitrogens with zero attached hydrogens (tertiary/aromatic N) is 2. The lowest BCUT2D eigenvalue weighted by molar-refractivity contribution is 0.660. The Labute approximate surface area is 429 Å². The van der Waals surface area contributed by atoms with Crippen LogP contribution in [0.15, 0.2) is 267 Å². The first kappa shape index (κ1) is 36.9. The Morgan fingerprint density at radius 1 is 0.292 bits per heavy atom. The third-order valence-electron chi connectivity index (χ3n) is 15.5. The van der Waals surface area contributed by atoms with Gasteiger partial charge in [-0.1, -0.05) is 202 Å². The topological polar surface area (TPSA) is 6.48 Å². The lowest BCUT2D eigenvalue weighted by Crippen LogP contribution is -2.26. The Kier molecular flexibility index (Phi) is 8.36. The second kappa shape index (κ2) is 16.3. The van der Waals surface area contributed by atoms with Crippen molar-refractivity contribution >= 4 is 34.1 Å². The summed E-state index contributed by atoms with van der Waals surface area (Å²) in [7, 11) is 0. The molecular formula is C70H50N2. The van der Waals surface area contributed by atoms with Gasteiger partial charge >= 0.3 is 0 Å². The van der Waals surface area contributed by atoms with Gasteiger partial charge in [-0.05, 0) is 162 Å². The molecule has 11 aromatic rings. The van der Waals surface area contributed by atoms with Gasteiger partial charge in [0.25, 0.3) is 0 Å². The molecule has 1 atom stereocenters. The van der Waals surface area contributed by atoms with Crippen LogP contribution >= 0.6 is 0 Å². The number of anilines is 6. The van der Waals surface area contributed by atoms with Gasteiger partial charge in [-0.2, -0.15) is 0 Å². The zero-order chi connectivity index (χ0) is 52.3. The van der Waals surface area contributed by atoms with Crippen LogP contribution in [0.25, 0.3) is 55.6 Å². The molecule has 0 heterocycles. The molecular weight excluding hydrogens is 869 g/mol. The van der Waals surface area contributed by atoms with Crippen molar-refractivity contribution in [2.75, 3.05) is 9.80 Å². The summed E-state index contributed by atoms with van der Waals surface area (Å²) >= 11 is 0. The van der Waals surface area contributed by atoms with Crippen LogP contribution in [0.2, 0.25) is 0 Å². The van der Waals surface area contributed by atoms with Crippen LogP contribution in [-0.4, -0.2) is 0 Å². The molecule has 340 valence electrons. The number of rotatable bonds is 8. The van der Waals surface area contributed by atoms with Gasteiger partial charge in [0.1, 0.15) is 0 Å². The first-order valence-corrected chi connectivity index (χ1v) is 24.8. The summed E-state index contributed by atoms with van der Waals surface area (Å²) in [5.74, 6) is 0. The standard InChI is InChI=1S/C70H50N2/c1-69(2)62-34-20-18-32-55(62)57-39-37-53(43-65(57)69)71(50-26-12-5-13-27-50)54-38-40-58-60-42-49(47-22-8-3-9-23-47)36-41-64(60)70(66(58)44-54)63-35-21-19-33-56(63)61-45-59(48-24-10-4-11-25-48)68(46-67(61)70)72(51-28-14-6-15-29-51)52-30-16-7-17-31-52/h3-46H,1-2H3/i6D,14D,15D,28D,29D. The summed E-state index contributed by atoms with van der Waals surface area (Å²) in [4.78, 5) is 4.28. The van der Waals surface area contributed by atoms with Gasteiger partial charge < -0.3 is 9.80 Å². The van der Waals surface area contributed by atoms with Crippen LogP contribution in [0.3, 0.4) is 0 Å². The van der Waals surface area contributed by atoms with E-state index in [1.807, 2.05) is 53.4 Å². The third kappa shape index (κ3) is 6.22. The van der Waals surface area contributed by atoms with E-state index in [2.05, 4.69) is 207 Å². The minimum absolute atomic E-state index is 0.0741. The van der Waals surface area contributed by atoms with Crippen LogP contribution in [0.1, 0.15) is 54.1 Å². The van der Waals surface area contributed by atoms with E-state index in [4.69, 9.17) is 4.11 Å². The summed E-state index contributed by atoms with van der Waals surface area (Å²) in [5, 5.41) is 0. The maximum Gasteiger partial charge on any atom is 0.0727 e. The Balaban J connectivity index is 1.08. The van der Waals surface area contributed by atoms with Gasteiger partial charge in [-0.3, -0.25) is 0 Å². The molecule has 1 spiro atoms. The third-order valence-corrected chi connectivity index (χ3v) is 15.5. The van der Waals surface area contributed by atoms with E-state index >= 15 is 0 Å². The number of fused-ring (bicyclic) bond motifs is 13. The molecule has 0 saturated heterocycles. The van der Waals surface area contributed by atoms with Crippen molar-refractivity contribution in [2.24, 2.45) is 0 Å². The van der Waals surface area contributed by atoms with Gasteiger partial charge in [0.05, 0.1) is 18.0 Å². The predicted molar refractivity (Wildman–Crippen MR) is 301 cm³/mol. The maximum atomic E-state index is 9.53. The molecule has 0 aliphatic heterocycles. The van der Waals surface area contributed by atoms with E-state index in [-0.39, 0.29) is 23.2 Å². The molecule has 72 heavy (non-hydrogen) atoms. The highest BCUT2D eigenvalue weighted by atomic mass is 15.1. The van der Waals surface area contributed by atoms with Crippen LogP contribution in [0, 0.1) is 0 Å². The average molecular weight is 924 g/mol. The Morgan fingerprint density at radius 2 is 0.778 bits per heavy atom. The van der Waals surface area contributed by atoms with Crippen LogP contribution in [-0.2, 0) is 10.8 Å². The Morgan fingerprint density at radius 3 is 1.44 bits per heavy atom. The fourth-order valence-corrected chi connectivity index (χ4v) is 12.4. The van der Waals surface area contributed by atoms with E-state index in [1.54, 1.807) is 0 Å². The van der Waals surface area contributed by atoms with Crippen molar-refractivity contribution in [1.82, 2.24) is 0 Å². The van der Waals surface area contributed by atoms with E-state index in [9.17, 15) is 2.74 Å². The van der Waals surface area contributed by atoms with E-state index in [0.717, 1.165) is 83.8 Å². The van der Waals surface area contributed by atoms with Crippen LogP contribution in [0.5, 0.6) is 0 Å². The normalized spacial score (nSPS) is 15.9. The molecule has 0 radical (unpaired) electrons. The van der Waals surface area contributed by atoms with Crippen molar-refractivity contribution in [3.05, 3.63) is 300 Å². The molecule has 14 rings (SSSR count). The van der Waals surface area contributed by atoms with E-state index in [0.29, 0.717) is 11.4 Å². The second-order valence-electron chi connectivity index (χ2n) is 19.6.